The highest BCUT2D eigenvalue weighted by Crippen LogP contribution is 2.27. The van der Waals surface area contributed by atoms with Crippen molar-refractivity contribution < 1.29 is 9.53 Å². The van der Waals surface area contributed by atoms with E-state index >= 15 is 0 Å². The van der Waals surface area contributed by atoms with Crippen molar-refractivity contribution in [1.82, 2.24) is 0 Å². The number of carbonyl (C=O) groups is 1. The minimum Gasteiger partial charge on any atom is -0.492 e. The van der Waals surface area contributed by atoms with Crippen LogP contribution in [0, 0.1) is 0 Å². The third kappa shape index (κ3) is 1.32. The molecule has 2 rings (SSSR count). The molecule has 0 radical (unpaired) electrons. The molecular weight excluding hydrogens is 164 g/mol. The maximum Gasteiger partial charge on any atom is 0.170 e. The van der Waals surface area contributed by atoms with Gasteiger partial charge in [0, 0.05) is 6.42 Å². The Labute approximate surface area is 77.5 Å². The Balaban J connectivity index is 2.56. The van der Waals surface area contributed by atoms with Crippen molar-refractivity contribution >= 4 is 5.78 Å². The predicted molar refractivity (Wildman–Crippen MR) is 50.3 cm³/mol. The van der Waals surface area contributed by atoms with Crippen LogP contribution in [0.25, 0.3) is 0 Å². The lowest BCUT2D eigenvalue weighted by molar-refractivity contribution is 0.0932. The van der Waals surface area contributed by atoms with Crippen molar-refractivity contribution in [1.29, 1.82) is 0 Å². The molecule has 2 heteroatoms. The summed E-state index contributed by atoms with van der Waals surface area (Å²) in [5, 5.41) is 0. The minimum absolute atomic E-state index is 0.221. The first-order valence-corrected chi connectivity index (χ1v) is 4.61. The van der Waals surface area contributed by atoms with Gasteiger partial charge in [-0.25, -0.2) is 0 Å². The van der Waals surface area contributed by atoms with Crippen molar-refractivity contribution in [3.63, 3.8) is 0 Å². The number of benzene rings is 1. The van der Waals surface area contributed by atoms with E-state index in [4.69, 9.17) is 4.74 Å². The van der Waals surface area contributed by atoms with Gasteiger partial charge in [-0.3, -0.25) is 4.79 Å². The number of fused-ring (bicyclic) bond motifs is 1. The predicted octanol–water partition coefficient (Wildman–Crippen LogP) is 2.21. The molecule has 0 fully saturated rings. The fourth-order valence-electron chi connectivity index (χ4n) is 1.69. The maximum atomic E-state index is 11.6. The van der Waals surface area contributed by atoms with Crippen molar-refractivity contribution in [2.24, 2.45) is 0 Å². The van der Waals surface area contributed by atoms with Crippen LogP contribution in [0.1, 0.15) is 29.3 Å². The summed E-state index contributed by atoms with van der Waals surface area (Å²) in [6.07, 6.45) is 1.41. The molecular formula is C11H12O2. The van der Waals surface area contributed by atoms with E-state index in [2.05, 4.69) is 6.92 Å². The highest BCUT2D eigenvalue weighted by Gasteiger charge is 2.20. The second kappa shape index (κ2) is 3.21. The zero-order valence-electron chi connectivity index (χ0n) is 7.67. The lowest BCUT2D eigenvalue weighted by atomic mass is 9.97. The number of rotatable bonds is 1. The molecule has 0 saturated carbocycles. The number of carbonyl (C=O) groups excluding carboxylic acids is 1. The maximum absolute atomic E-state index is 11.6. The molecule has 0 atom stereocenters. The Hall–Kier alpha value is -1.31. The van der Waals surface area contributed by atoms with Crippen molar-refractivity contribution in [2.75, 3.05) is 6.61 Å². The molecule has 0 N–H and O–H groups in total. The van der Waals surface area contributed by atoms with Gasteiger partial charge in [-0.15, -0.1) is 0 Å². The van der Waals surface area contributed by atoms with Crippen molar-refractivity contribution in [2.45, 2.75) is 19.8 Å². The second-order valence-corrected chi connectivity index (χ2v) is 3.17. The minimum atomic E-state index is 0.221. The summed E-state index contributed by atoms with van der Waals surface area (Å²) in [7, 11) is 0. The summed E-state index contributed by atoms with van der Waals surface area (Å²) < 4.78 is 5.42. The molecule has 1 aliphatic rings. The highest BCUT2D eigenvalue weighted by atomic mass is 16.5. The fourth-order valence-corrected chi connectivity index (χ4v) is 1.69. The number of hydrogen-bond donors (Lipinski definition) is 0. The summed E-state index contributed by atoms with van der Waals surface area (Å²) in [4.78, 5) is 11.6. The number of ketones is 1. The first kappa shape index (κ1) is 8.30. The molecule has 1 heterocycles. The van der Waals surface area contributed by atoms with Crippen molar-refractivity contribution in [3.8, 4) is 5.75 Å². The van der Waals surface area contributed by atoms with Crippen molar-refractivity contribution in [3.05, 3.63) is 29.3 Å². The molecule has 1 aromatic carbocycles. The van der Waals surface area contributed by atoms with E-state index in [1.807, 2.05) is 18.2 Å². The van der Waals surface area contributed by atoms with E-state index in [9.17, 15) is 4.79 Å². The third-order valence-electron chi connectivity index (χ3n) is 2.36. The van der Waals surface area contributed by atoms with Crippen LogP contribution in [0.2, 0.25) is 0 Å². The topological polar surface area (TPSA) is 26.3 Å². The summed E-state index contributed by atoms with van der Waals surface area (Å²) in [6, 6.07) is 5.80. The fraction of sp³-hybridized carbons (Fsp3) is 0.364. The largest absolute Gasteiger partial charge is 0.492 e. The molecule has 0 bridgehead atoms. The molecule has 0 unspecified atom stereocenters. The van der Waals surface area contributed by atoms with Crippen LogP contribution in [0.3, 0.4) is 0 Å². The Kier molecular flexibility index (Phi) is 2.05. The third-order valence-corrected chi connectivity index (χ3v) is 2.36. The number of aryl methyl sites for hydroxylation is 1. The Bertz CT molecular complexity index is 328. The van der Waals surface area contributed by atoms with Gasteiger partial charge in [-0.05, 0) is 18.1 Å². The first-order valence-electron chi connectivity index (χ1n) is 4.61. The molecule has 0 aromatic heterocycles. The molecule has 0 saturated heterocycles. The van der Waals surface area contributed by atoms with Gasteiger partial charge in [-0.2, -0.15) is 0 Å². The smallest absolute Gasteiger partial charge is 0.170 e. The van der Waals surface area contributed by atoms with Crippen LogP contribution in [-0.4, -0.2) is 12.4 Å². The quantitative estimate of drug-likeness (QED) is 0.655. The van der Waals surface area contributed by atoms with Gasteiger partial charge in [0.2, 0.25) is 0 Å². The van der Waals surface area contributed by atoms with Gasteiger partial charge < -0.3 is 4.74 Å². The summed E-state index contributed by atoms with van der Waals surface area (Å²) in [5.41, 5.74) is 1.90. The summed E-state index contributed by atoms with van der Waals surface area (Å²) >= 11 is 0. The molecule has 1 aliphatic heterocycles. The summed E-state index contributed by atoms with van der Waals surface area (Å²) in [6.45, 7) is 2.58. The monoisotopic (exact) mass is 176 g/mol. The molecule has 0 amide bonds. The van der Waals surface area contributed by atoms with E-state index in [1.165, 1.54) is 0 Å². The highest BCUT2D eigenvalue weighted by molar-refractivity contribution is 6.01. The van der Waals surface area contributed by atoms with E-state index in [1.54, 1.807) is 0 Å². The van der Waals surface area contributed by atoms with E-state index in [-0.39, 0.29) is 5.78 Å². The molecule has 68 valence electrons. The normalized spacial score (nSPS) is 15.0. The molecule has 2 nitrogen and oxygen atoms in total. The van der Waals surface area contributed by atoms with Crippen LogP contribution in [0.15, 0.2) is 18.2 Å². The molecule has 1 aromatic rings. The SMILES string of the molecule is CCc1cccc2c1C(=O)CCO2. The van der Waals surface area contributed by atoms with Crippen LogP contribution >= 0.6 is 0 Å². The molecule has 0 spiro atoms. The zero-order chi connectivity index (χ0) is 9.26. The zero-order valence-corrected chi connectivity index (χ0v) is 7.67. The van der Waals surface area contributed by atoms with Gasteiger partial charge in [0.25, 0.3) is 0 Å². The first-order chi connectivity index (χ1) is 6.33. The van der Waals surface area contributed by atoms with Gasteiger partial charge >= 0.3 is 0 Å². The number of hydrogen-bond acceptors (Lipinski definition) is 2. The average Bonchev–Trinajstić information content (AvgIpc) is 2.17. The van der Waals surface area contributed by atoms with E-state index in [0.717, 1.165) is 23.3 Å². The van der Waals surface area contributed by atoms with Gasteiger partial charge in [0.1, 0.15) is 5.75 Å². The number of Topliss-reactive ketones (excluding diaryl/α,β-unsaturated/α-hetero) is 1. The van der Waals surface area contributed by atoms with Gasteiger partial charge in [0.05, 0.1) is 12.2 Å². The van der Waals surface area contributed by atoms with E-state index in [0.29, 0.717) is 13.0 Å². The second-order valence-electron chi connectivity index (χ2n) is 3.17. The number of ether oxygens (including phenoxy) is 1. The van der Waals surface area contributed by atoms with Gasteiger partial charge in [0.15, 0.2) is 5.78 Å². The van der Waals surface area contributed by atoms with Crippen LogP contribution in [-0.2, 0) is 6.42 Å². The lowest BCUT2D eigenvalue weighted by Gasteiger charge is -2.18. The molecule has 13 heavy (non-hydrogen) atoms. The average molecular weight is 176 g/mol. The van der Waals surface area contributed by atoms with E-state index < -0.39 is 0 Å². The molecule has 0 aliphatic carbocycles. The lowest BCUT2D eigenvalue weighted by Crippen LogP contribution is -2.17. The van der Waals surface area contributed by atoms with Crippen LogP contribution in [0.5, 0.6) is 5.75 Å². The van der Waals surface area contributed by atoms with Crippen LogP contribution < -0.4 is 4.74 Å². The Morgan fingerprint density at radius 2 is 2.31 bits per heavy atom. The Morgan fingerprint density at radius 3 is 3.08 bits per heavy atom. The Morgan fingerprint density at radius 1 is 1.46 bits per heavy atom. The summed E-state index contributed by atoms with van der Waals surface area (Å²) in [5.74, 6) is 0.981. The van der Waals surface area contributed by atoms with Crippen LogP contribution in [0.4, 0.5) is 0 Å². The van der Waals surface area contributed by atoms with Gasteiger partial charge in [-0.1, -0.05) is 19.1 Å². The standard InChI is InChI=1S/C11H12O2/c1-2-8-4-3-5-10-11(8)9(12)6-7-13-10/h3-5H,2,6-7H2,1H3.